The van der Waals surface area contributed by atoms with Crippen molar-refractivity contribution >= 4 is 28.0 Å². The van der Waals surface area contributed by atoms with E-state index in [1.165, 1.54) is 27.7 Å². The molecule has 0 fully saturated rings. The van der Waals surface area contributed by atoms with Gasteiger partial charge >= 0.3 is 0 Å². The fourth-order valence-electron chi connectivity index (χ4n) is 3.74. The van der Waals surface area contributed by atoms with Crippen LogP contribution in [0.1, 0.15) is 37.9 Å². The Morgan fingerprint density at radius 3 is 2.65 bits per heavy atom. The largest absolute Gasteiger partial charge is 0.360 e. The lowest BCUT2D eigenvalue weighted by Gasteiger charge is -2.20. The zero-order chi connectivity index (χ0) is 18.4. The first-order valence-electron chi connectivity index (χ1n) is 9.07. The van der Waals surface area contributed by atoms with Crippen molar-refractivity contribution in [3.8, 4) is 0 Å². The summed E-state index contributed by atoms with van der Waals surface area (Å²) in [7, 11) is 0. The van der Waals surface area contributed by atoms with Crippen LogP contribution in [-0.2, 0) is 6.54 Å². The first kappa shape index (κ1) is 16.5. The van der Waals surface area contributed by atoms with Gasteiger partial charge in [0.1, 0.15) is 0 Å². The van der Waals surface area contributed by atoms with E-state index >= 15 is 0 Å². The minimum Gasteiger partial charge on any atom is -0.360 e. The highest BCUT2D eigenvalue weighted by molar-refractivity contribution is 5.90. The van der Waals surface area contributed by atoms with Crippen molar-refractivity contribution in [2.75, 3.05) is 10.2 Å². The fraction of sp³-hybridized carbons (Fsp3) is 0.217. The molecule has 0 aliphatic carbocycles. The fourth-order valence-corrected chi connectivity index (χ4v) is 3.74. The van der Waals surface area contributed by atoms with Crippen LogP contribution in [0.2, 0.25) is 0 Å². The number of hydrogen-bond acceptors (Lipinski definition) is 2. The second-order valence-electron chi connectivity index (χ2n) is 7.37. The molecule has 0 bridgehead atoms. The van der Waals surface area contributed by atoms with Gasteiger partial charge in [-0.1, -0.05) is 19.2 Å². The molecule has 1 aliphatic rings. The van der Waals surface area contributed by atoms with Gasteiger partial charge in [0.05, 0.1) is 0 Å². The first-order chi connectivity index (χ1) is 12.4. The number of allylic oxidation sites excluding steroid dienone is 1. The van der Waals surface area contributed by atoms with Crippen molar-refractivity contribution < 1.29 is 0 Å². The summed E-state index contributed by atoms with van der Waals surface area (Å²) in [6.07, 6.45) is 2.17. The third-order valence-corrected chi connectivity index (χ3v) is 5.00. The zero-order valence-corrected chi connectivity index (χ0v) is 15.7. The van der Waals surface area contributed by atoms with Gasteiger partial charge in [0.25, 0.3) is 0 Å². The number of nitrogens with one attached hydrogen (secondary N) is 1. The molecule has 4 rings (SSSR count). The van der Waals surface area contributed by atoms with Gasteiger partial charge in [0.2, 0.25) is 0 Å². The summed E-state index contributed by atoms with van der Waals surface area (Å²) >= 11 is 0. The van der Waals surface area contributed by atoms with Crippen molar-refractivity contribution in [1.82, 2.24) is 4.57 Å². The van der Waals surface area contributed by atoms with Crippen molar-refractivity contribution in [3.05, 3.63) is 78.6 Å². The Labute approximate surface area is 155 Å². The van der Waals surface area contributed by atoms with Crippen LogP contribution >= 0.6 is 0 Å². The number of anilines is 2. The molecule has 1 N–H and O–H groups in total. The predicted octanol–water partition coefficient (Wildman–Crippen LogP) is 6.16. The lowest BCUT2D eigenvalue weighted by molar-refractivity contribution is 0.623. The van der Waals surface area contributed by atoms with E-state index in [1.807, 2.05) is 6.92 Å². The molecular formula is C23H25N3. The maximum Gasteiger partial charge on any atom is 0.0488 e. The summed E-state index contributed by atoms with van der Waals surface area (Å²) in [6.45, 7) is 15.5. The van der Waals surface area contributed by atoms with Gasteiger partial charge in [0, 0.05) is 58.0 Å². The van der Waals surface area contributed by atoms with E-state index in [1.54, 1.807) is 0 Å². The maximum atomic E-state index is 4.36. The van der Waals surface area contributed by atoms with Crippen LogP contribution in [0.5, 0.6) is 0 Å². The summed E-state index contributed by atoms with van der Waals surface area (Å²) in [5.74, 6) is 0. The predicted molar refractivity (Wildman–Crippen MR) is 112 cm³/mol. The van der Waals surface area contributed by atoms with Crippen molar-refractivity contribution in [3.63, 3.8) is 0 Å². The van der Waals surface area contributed by atoms with Gasteiger partial charge in [-0.05, 0) is 62.7 Å². The van der Waals surface area contributed by atoms with E-state index in [9.17, 15) is 0 Å². The van der Waals surface area contributed by atoms with E-state index in [2.05, 4.69) is 90.5 Å². The third kappa shape index (κ3) is 2.70. The number of aromatic nitrogens is 1. The van der Waals surface area contributed by atoms with E-state index in [4.69, 9.17) is 0 Å². The van der Waals surface area contributed by atoms with Crippen molar-refractivity contribution in [1.29, 1.82) is 0 Å². The molecular weight excluding hydrogens is 318 g/mol. The van der Waals surface area contributed by atoms with Crippen LogP contribution < -0.4 is 10.2 Å². The molecule has 2 heterocycles. The number of benzene rings is 2. The molecule has 1 aliphatic heterocycles. The van der Waals surface area contributed by atoms with Crippen LogP contribution in [0, 0.1) is 0 Å². The SMILES string of the molecule is C=C(C)Nc1ccc2c(c1)C(=C)N(c1ccc3c(ccn3C(C)C)c1)C2. The van der Waals surface area contributed by atoms with Crippen LogP contribution in [-0.4, -0.2) is 4.57 Å². The summed E-state index contributed by atoms with van der Waals surface area (Å²) < 4.78 is 2.31. The minimum absolute atomic E-state index is 0.462. The first-order valence-corrected chi connectivity index (χ1v) is 9.07. The average Bonchev–Trinajstić information content (AvgIpc) is 3.15. The van der Waals surface area contributed by atoms with E-state index in [-0.39, 0.29) is 0 Å². The second-order valence-corrected chi connectivity index (χ2v) is 7.37. The highest BCUT2D eigenvalue weighted by Crippen LogP contribution is 2.38. The molecule has 0 saturated carbocycles. The number of nitrogens with zero attached hydrogens (tertiary/aromatic N) is 2. The van der Waals surface area contributed by atoms with Gasteiger partial charge in [0.15, 0.2) is 0 Å². The molecule has 0 amide bonds. The molecule has 3 aromatic rings. The molecule has 0 spiro atoms. The maximum absolute atomic E-state index is 4.36. The molecule has 132 valence electrons. The van der Waals surface area contributed by atoms with Gasteiger partial charge in [-0.2, -0.15) is 0 Å². The number of fused-ring (bicyclic) bond motifs is 2. The van der Waals surface area contributed by atoms with Crippen LogP contribution in [0.3, 0.4) is 0 Å². The molecule has 1 aromatic heterocycles. The average molecular weight is 343 g/mol. The zero-order valence-electron chi connectivity index (χ0n) is 15.7. The molecule has 3 heteroatoms. The molecule has 0 unspecified atom stereocenters. The highest BCUT2D eigenvalue weighted by Gasteiger charge is 2.24. The summed E-state index contributed by atoms with van der Waals surface area (Å²) in [5.41, 5.74) is 8.02. The third-order valence-electron chi connectivity index (χ3n) is 5.00. The van der Waals surface area contributed by atoms with Crippen molar-refractivity contribution in [2.24, 2.45) is 0 Å². The lowest BCUT2D eigenvalue weighted by Crippen LogP contribution is -2.12. The van der Waals surface area contributed by atoms with Gasteiger partial charge < -0.3 is 14.8 Å². The molecule has 3 nitrogen and oxygen atoms in total. The number of rotatable bonds is 4. The lowest BCUT2D eigenvalue weighted by atomic mass is 10.1. The van der Waals surface area contributed by atoms with Gasteiger partial charge in [-0.25, -0.2) is 0 Å². The van der Waals surface area contributed by atoms with Gasteiger partial charge in [-0.15, -0.1) is 0 Å². The summed E-state index contributed by atoms with van der Waals surface area (Å²) in [5, 5.41) is 4.56. The Balaban J connectivity index is 1.67. The monoisotopic (exact) mass is 343 g/mol. The molecule has 2 aromatic carbocycles. The molecule has 26 heavy (non-hydrogen) atoms. The van der Waals surface area contributed by atoms with Crippen LogP contribution in [0.15, 0.2) is 67.5 Å². The topological polar surface area (TPSA) is 20.2 Å². The van der Waals surface area contributed by atoms with Crippen LogP contribution in [0.25, 0.3) is 16.6 Å². The quantitative estimate of drug-likeness (QED) is 0.612. The van der Waals surface area contributed by atoms with E-state index in [0.29, 0.717) is 6.04 Å². The Morgan fingerprint density at radius 1 is 1.12 bits per heavy atom. The standard InChI is InChI=1S/C23H25N3/c1-15(2)24-20-7-6-19-14-26(17(5)22(19)13-20)21-8-9-23-18(12-21)10-11-25(23)16(3)4/h6-13,16,24H,1,5,14H2,2-4H3. The van der Waals surface area contributed by atoms with E-state index < -0.39 is 0 Å². The Morgan fingerprint density at radius 2 is 1.92 bits per heavy atom. The van der Waals surface area contributed by atoms with Crippen molar-refractivity contribution in [2.45, 2.75) is 33.4 Å². The smallest absolute Gasteiger partial charge is 0.0488 e. The normalized spacial score (nSPS) is 13.5. The Hall–Kier alpha value is -2.94. The summed E-state index contributed by atoms with van der Waals surface area (Å²) in [4.78, 5) is 2.29. The second kappa shape index (κ2) is 6.10. The van der Waals surface area contributed by atoms with Gasteiger partial charge in [-0.3, -0.25) is 0 Å². The van der Waals surface area contributed by atoms with Crippen LogP contribution in [0.4, 0.5) is 11.4 Å². The molecule has 0 radical (unpaired) electrons. The minimum atomic E-state index is 0.462. The Bertz CT molecular complexity index is 1020. The van der Waals surface area contributed by atoms with E-state index in [0.717, 1.165) is 23.6 Å². The summed E-state index contributed by atoms with van der Waals surface area (Å²) in [6, 6.07) is 15.8. The Kier molecular flexibility index (Phi) is 3.87. The molecule has 0 atom stereocenters. The highest BCUT2D eigenvalue weighted by atomic mass is 15.2. The molecule has 0 saturated heterocycles. The number of hydrogen-bond donors (Lipinski definition) is 1.